The van der Waals surface area contributed by atoms with Gasteiger partial charge in [-0.2, -0.15) is 0 Å². The summed E-state index contributed by atoms with van der Waals surface area (Å²) < 4.78 is 6.77. The van der Waals surface area contributed by atoms with E-state index in [2.05, 4.69) is 12.0 Å². The third-order valence-electron chi connectivity index (χ3n) is 6.97. The zero-order valence-electron chi connectivity index (χ0n) is 18.4. The fourth-order valence-electron chi connectivity index (χ4n) is 5.25. The van der Waals surface area contributed by atoms with Gasteiger partial charge >= 0.3 is 5.97 Å². The average molecular weight is 429 g/mol. The van der Waals surface area contributed by atoms with Gasteiger partial charge in [-0.3, -0.25) is 9.78 Å². The molecule has 5 heteroatoms. The van der Waals surface area contributed by atoms with Crippen molar-refractivity contribution in [2.24, 2.45) is 0 Å². The standard InChI is InChI=1S/C27H28N2O3/c1-29(18-15-20-9-6-7-16-28-20)17-8-10-21(19-29)32-26(30)27(31)24-13-4-2-11-22(24)23-12-3-5-14-25(23)27/h2-7,9,11-14,16,21H,8,10,15,17-19H2,1H3/t21?,29-/m1/s1. The highest BCUT2D eigenvalue weighted by molar-refractivity contribution is 5.95. The molecule has 2 aliphatic rings. The van der Waals surface area contributed by atoms with Gasteiger partial charge in [-0.25, -0.2) is 0 Å². The fraction of sp³-hybridized carbons (Fsp3) is 0.333. The average Bonchev–Trinajstić information content (AvgIpc) is 3.09. The molecule has 1 aliphatic heterocycles. The quantitative estimate of drug-likeness (QED) is 0.463. The van der Waals surface area contributed by atoms with Gasteiger partial charge in [-0.1, -0.05) is 54.6 Å². The lowest BCUT2D eigenvalue weighted by Gasteiger charge is -2.43. The number of fused-ring (bicyclic) bond motifs is 3. The zero-order valence-corrected chi connectivity index (χ0v) is 18.4. The van der Waals surface area contributed by atoms with Gasteiger partial charge in [0.1, 0.15) is 6.54 Å². The van der Waals surface area contributed by atoms with E-state index in [1.54, 1.807) is 12.1 Å². The smallest absolute Gasteiger partial charge is 0.304 e. The van der Waals surface area contributed by atoms with Crippen LogP contribution in [0.2, 0.25) is 0 Å². The molecule has 3 aromatic rings. The SMILES string of the molecule is C[N@+]1(CCc2ccccn2)CCCC(OC(=O)C2([O-])c3ccccc3-c3ccccc32)C1. The maximum atomic E-state index is 14.1. The van der Waals surface area contributed by atoms with Crippen molar-refractivity contribution in [3.8, 4) is 11.1 Å². The molecule has 1 aromatic heterocycles. The molecule has 2 heterocycles. The van der Waals surface area contributed by atoms with Crippen LogP contribution in [0.3, 0.4) is 0 Å². The Morgan fingerprint density at radius 2 is 1.72 bits per heavy atom. The van der Waals surface area contributed by atoms with Crippen LogP contribution in [0.25, 0.3) is 11.1 Å². The highest BCUT2D eigenvalue weighted by atomic mass is 16.6. The number of esters is 1. The first-order chi connectivity index (χ1) is 15.5. The minimum absolute atomic E-state index is 0.254. The molecule has 0 amide bonds. The molecule has 0 N–H and O–H groups in total. The Balaban J connectivity index is 1.34. The molecule has 32 heavy (non-hydrogen) atoms. The second kappa shape index (κ2) is 8.15. The number of likely N-dealkylation sites (N-methyl/N-ethyl adjacent to an activating group) is 1. The normalized spacial score (nSPS) is 23.2. The van der Waals surface area contributed by atoms with Crippen molar-refractivity contribution < 1.29 is 19.1 Å². The van der Waals surface area contributed by atoms with E-state index in [1.807, 2.05) is 60.8 Å². The van der Waals surface area contributed by atoms with Crippen LogP contribution in [-0.4, -0.2) is 48.2 Å². The van der Waals surface area contributed by atoms with Crippen molar-refractivity contribution in [3.05, 3.63) is 89.7 Å². The van der Waals surface area contributed by atoms with E-state index < -0.39 is 11.6 Å². The summed E-state index contributed by atoms with van der Waals surface area (Å²) in [5.41, 5.74) is 1.71. The molecule has 2 aromatic carbocycles. The number of hydrogen-bond donors (Lipinski definition) is 0. The second-order valence-electron chi connectivity index (χ2n) is 9.26. The van der Waals surface area contributed by atoms with Gasteiger partial charge < -0.3 is 14.3 Å². The molecule has 164 valence electrons. The second-order valence-corrected chi connectivity index (χ2v) is 9.26. The summed E-state index contributed by atoms with van der Waals surface area (Å²) in [6, 6.07) is 20.8. The van der Waals surface area contributed by atoms with E-state index >= 15 is 0 Å². The Kier molecular flexibility index (Phi) is 5.31. The van der Waals surface area contributed by atoms with E-state index in [9.17, 15) is 9.90 Å². The van der Waals surface area contributed by atoms with E-state index in [4.69, 9.17) is 4.74 Å². The fourth-order valence-corrected chi connectivity index (χ4v) is 5.25. The Bertz CT molecular complexity index is 1090. The van der Waals surface area contributed by atoms with Crippen molar-refractivity contribution in [1.29, 1.82) is 0 Å². The number of pyridine rings is 1. The highest BCUT2D eigenvalue weighted by Gasteiger charge is 2.43. The summed E-state index contributed by atoms with van der Waals surface area (Å²) in [5, 5.41) is 14.1. The number of aromatic nitrogens is 1. The monoisotopic (exact) mass is 428 g/mol. The van der Waals surface area contributed by atoms with Gasteiger partial charge in [0, 0.05) is 30.3 Å². The minimum Gasteiger partial charge on any atom is -0.834 e. The van der Waals surface area contributed by atoms with E-state index in [0.717, 1.165) is 60.2 Å². The van der Waals surface area contributed by atoms with Crippen molar-refractivity contribution in [3.63, 3.8) is 0 Å². The number of ether oxygens (including phenoxy) is 1. The lowest BCUT2D eigenvalue weighted by atomic mass is 9.91. The molecule has 0 spiro atoms. The summed E-state index contributed by atoms with van der Waals surface area (Å²) in [6.07, 6.45) is 4.21. The number of hydrogen-bond acceptors (Lipinski definition) is 4. The minimum atomic E-state index is -2.01. The van der Waals surface area contributed by atoms with Crippen LogP contribution in [0, 0.1) is 0 Å². The molecular formula is C27H28N2O3. The van der Waals surface area contributed by atoms with Crippen LogP contribution in [-0.2, 0) is 21.6 Å². The van der Waals surface area contributed by atoms with Gasteiger partial charge in [0.15, 0.2) is 6.10 Å². The highest BCUT2D eigenvalue weighted by Crippen LogP contribution is 2.46. The zero-order chi connectivity index (χ0) is 22.2. The molecule has 1 saturated heterocycles. The Labute approximate surface area is 188 Å². The lowest BCUT2D eigenvalue weighted by molar-refractivity contribution is -0.916. The summed E-state index contributed by atoms with van der Waals surface area (Å²) >= 11 is 0. The van der Waals surface area contributed by atoms with Crippen LogP contribution in [0.5, 0.6) is 0 Å². The number of carbonyl (C=O) groups excluding carboxylic acids is 1. The number of benzene rings is 2. The number of likely N-dealkylation sites (tertiary alicyclic amines) is 1. The van der Waals surface area contributed by atoms with E-state index in [1.165, 1.54) is 0 Å². The molecule has 0 radical (unpaired) electrons. The van der Waals surface area contributed by atoms with Crippen molar-refractivity contribution in [1.82, 2.24) is 4.98 Å². The molecule has 1 fully saturated rings. The summed E-state index contributed by atoms with van der Waals surface area (Å²) in [6.45, 7) is 2.69. The first-order valence-corrected chi connectivity index (χ1v) is 11.3. The Morgan fingerprint density at radius 3 is 2.38 bits per heavy atom. The van der Waals surface area contributed by atoms with E-state index in [0.29, 0.717) is 11.1 Å². The molecule has 2 atom stereocenters. The number of carbonyl (C=O) groups is 1. The molecule has 5 nitrogen and oxygen atoms in total. The van der Waals surface area contributed by atoms with Crippen LogP contribution in [0.4, 0.5) is 0 Å². The van der Waals surface area contributed by atoms with Crippen LogP contribution < -0.4 is 5.11 Å². The summed E-state index contributed by atoms with van der Waals surface area (Å²) in [5.74, 6) is -0.682. The molecule has 1 aliphatic carbocycles. The maximum absolute atomic E-state index is 14.1. The van der Waals surface area contributed by atoms with Gasteiger partial charge in [0.05, 0.1) is 20.1 Å². The number of piperidine rings is 1. The summed E-state index contributed by atoms with van der Waals surface area (Å²) in [4.78, 5) is 17.8. The molecule has 1 unspecified atom stereocenters. The predicted molar refractivity (Wildman–Crippen MR) is 120 cm³/mol. The predicted octanol–water partition coefficient (Wildman–Crippen LogP) is 3.06. The molecular weight excluding hydrogens is 400 g/mol. The van der Waals surface area contributed by atoms with Crippen molar-refractivity contribution >= 4 is 5.97 Å². The van der Waals surface area contributed by atoms with Gasteiger partial charge in [0.2, 0.25) is 0 Å². The number of nitrogens with zero attached hydrogens (tertiary/aromatic N) is 2. The van der Waals surface area contributed by atoms with Crippen LogP contribution in [0.1, 0.15) is 29.7 Å². The summed E-state index contributed by atoms with van der Waals surface area (Å²) in [7, 11) is 2.20. The van der Waals surface area contributed by atoms with Crippen LogP contribution >= 0.6 is 0 Å². The third-order valence-corrected chi connectivity index (χ3v) is 6.97. The largest absolute Gasteiger partial charge is 0.834 e. The molecule has 0 saturated carbocycles. The molecule has 5 rings (SSSR count). The number of rotatable bonds is 5. The van der Waals surface area contributed by atoms with Crippen molar-refractivity contribution in [2.75, 3.05) is 26.7 Å². The van der Waals surface area contributed by atoms with Gasteiger partial charge in [-0.05, 0) is 40.8 Å². The topological polar surface area (TPSA) is 62.2 Å². The first-order valence-electron chi connectivity index (χ1n) is 11.3. The lowest BCUT2D eigenvalue weighted by Crippen LogP contribution is -2.56. The maximum Gasteiger partial charge on any atom is 0.304 e. The Morgan fingerprint density at radius 1 is 1.06 bits per heavy atom. The van der Waals surface area contributed by atoms with E-state index in [-0.39, 0.29) is 6.10 Å². The Hall–Kier alpha value is -3.02. The van der Waals surface area contributed by atoms with Crippen LogP contribution in [0.15, 0.2) is 72.9 Å². The first kappa shape index (κ1) is 20.9. The van der Waals surface area contributed by atoms with Crippen molar-refractivity contribution in [2.45, 2.75) is 31.0 Å². The van der Waals surface area contributed by atoms with Gasteiger partial charge in [-0.15, -0.1) is 0 Å². The number of quaternary nitrogens is 1. The third kappa shape index (κ3) is 3.61. The molecule has 0 bridgehead atoms. The van der Waals surface area contributed by atoms with Gasteiger partial charge in [0.25, 0.3) is 0 Å².